The first-order chi connectivity index (χ1) is 14.9. The Balaban J connectivity index is 1.93. The zero-order valence-electron chi connectivity index (χ0n) is 17.0. The molecule has 1 atom stereocenters. The lowest BCUT2D eigenvalue weighted by atomic mass is 10.0. The van der Waals surface area contributed by atoms with Crippen molar-refractivity contribution in [1.29, 1.82) is 0 Å². The van der Waals surface area contributed by atoms with Crippen LogP contribution in [0.1, 0.15) is 17.4 Å². The molecule has 0 fully saturated rings. The molecule has 1 aliphatic heterocycles. The Morgan fingerprint density at radius 1 is 1.00 bits per heavy atom. The molecule has 0 spiro atoms. The molecule has 7 nitrogen and oxygen atoms in total. The van der Waals surface area contributed by atoms with E-state index in [2.05, 4.69) is 20.5 Å². The predicted molar refractivity (Wildman–Crippen MR) is 121 cm³/mol. The van der Waals surface area contributed by atoms with Crippen molar-refractivity contribution >= 4 is 26.8 Å². The molecule has 4 aromatic rings. The zero-order chi connectivity index (χ0) is 21.9. The van der Waals surface area contributed by atoms with Gasteiger partial charge in [-0.3, -0.25) is 13.9 Å². The maximum absolute atomic E-state index is 13.3. The van der Waals surface area contributed by atoms with Crippen molar-refractivity contribution in [2.75, 3.05) is 6.61 Å². The molecule has 0 aliphatic carbocycles. The van der Waals surface area contributed by atoms with E-state index < -0.39 is 6.10 Å². The molecule has 0 amide bonds. The van der Waals surface area contributed by atoms with Gasteiger partial charge in [0.15, 0.2) is 0 Å². The van der Waals surface area contributed by atoms with Crippen LogP contribution in [0.25, 0.3) is 22.2 Å². The molecule has 5 rings (SSSR count). The van der Waals surface area contributed by atoms with Gasteiger partial charge in [-0.1, -0.05) is 40.2 Å². The Morgan fingerprint density at radius 2 is 1.68 bits per heavy atom. The van der Waals surface area contributed by atoms with Gasteiger partial charge in [-0.15, -0.1) is 0 Å². The largest absolute Gasteiger partial charge is 0.508 e. The van der Waals surface area contributed by atoms with Crippen LogP contribution in [0.3, 0.4) is 0 Å². The first-order valence-electron chi connectivity index (χ1n) is 9.87. The Hall–Kier alpha value is -3.10. The van der Waals surface area contributed by atoms with Crippen molar-refractivity contribution in [2.24, 2.45) is 14.1 Å². The summed E-state index contributed by atoms with van der Waals surface area (Å²) in [4.78, 5) is 26.1. The summed E-state index contributed by atoms with van der Waals surface area (Å²) < 4.78 is 11.8. The summed E-state index contributed by atoms with van der Waals surface area (Å²) in [6.07, 6.45) is -0.473. The van der Waals surface area contributed by atoms with E-state index in [9.17, 15) is 14.7 Å². The monoisotopic (exact) mass is 481 g/mol. The van der Waals surface area contributed by atoms with Gasteiger partial charge in [-0.2, -0.15) is 0 Å². The Morgan fingerprint density at radius 3 is 2.35 bits per heavy atom. The molecule has 0 radical (unpaired) electrons. The van der Waals surface area contributed by atoms with Crippen molar-refractivity contribution in [3.8, 4) is 17.0 Å². The second-order valence-corrected chi connectivity index (χ2v) is 8.58. The predicted octanol–water partition coefficient (Wildman–Crippen LogP) is 3.29. The summed E-state index contributed by atoms with van der Waals surface area (Å²) in [5.74, 6) is 0.164. The minimum absolute atomic E-state index is 0.164. The summed E-state index contributed by atoms with van der Waals surface area (Å²) in [5.41, 5.74) is 3.13. The highest BCUT2D eigenvalue weighted by atomic mass is 79.9. The highest BCUT2D eigenvalue weighted by Crippen LogP contribution is 2.40. The third-order valence-electron chi connectivity index (χ3n) is 5.87. The number of rotatable bonds is 2. The molecule has 2 aromatic carbocycles. The molecule has 0 bridgehead atoms. The van der Waals surface area contributed by atoms with Crippen LogP contribution < -0.4 is 11.2 Å². The zero-order valence-corrected chi connectivity index (χ0v) is 18.6. The van der Waals surface area contributed by atoms with Gasteiger partial charge in [0.25, 0.3) is 5.56 Å². The van der Waals surface area contributed by atoms with Crippen molar-refractivity contribution in [1.82, 2.24) is 13.7 Å². The molecule has 1 N–H and O–H groups in total. The van der Waals surface area contributed by atoms with Crippen LogP contribution in [0.4, 0.5) is 0 Å². The van der Waals surface area contributed by atoms with Crippen LogP contribution in [0, 0.1) is 0 Å². The lowest BCUT2D eigenvalue weighted by Crippen LogP contribution is -2.37. The number of fused-ring (bicyclic) bond motifs is 3. The maximum Gasteiger partial charge on any atom is 0.331 e. The highest BCUT2D eigenvalue weighted by molar-refractivity contribution is 9.10. The topological polar surface area (TPSA) is 78.4 Å². The average molecular weight is 482 g/mol. The van der Waals surface area contributed by atoms with Crippen LogP contribution >= 0.6 is 15.9 Å². The number of hydrogen-bond donors (Lipinski definition) is 1. The molecule has 0 saturated heterocycles. The van der Waals surface area contributed by atoms with Crippen molar-refractivity contribution in [3.63, 3.8) is 0 Å². The molecule has 158 valence electrons. The summed E-state index contributed by atoms with van der Waals surface area (Å²) in [5, 5.41) is 10.2. The van der Waals surface area contributed by atoms with Crippen LogP contribution in [-0.4, -0.2) is 25.4 Å². The highest BCUT2D eigenvalue weighted by Gasteiger charge is 2.33. The molecule has 1 unspecified atom stereocenters. The Labute approximate surface area is 185 Å². The van der Waals surface area contributed by atoms with E-state index in [0.717, 1.165) is 31.6 Å². The van der Waals surface area contributed by atoms with Crippen LogP contribution in [0.15, 0.2) is 62.6 Å². The number of aryl methyl sites for hydroxylation is 1. The fraction of sp³-hybridized carbons (Fsp3) is 0.217. The molecule has 31 heavy (non-hydrogen) atoms. The van der Waals surface area contributed by atoms with E-state index >= 15 is 0 Å². The summed E-state index contributed by atoms with van der Waals surface area (Å²) in [6.45, 7) is 1.01. The third-order valence-corrected chi connectivity index (χ3v) is 6.39. The molecular weight excluding hydrogens is 462 g/mol. The molecule has 8 heteroatoms. The number of aromatic hydroxyl groups is 1. The van der Waals surface area contributed by atoms with Crippen LogP contribution in [0.2, 0.25) is 0 Å². The van der Waals surface area contributed by atoms with Crippen molar-refractivity contribution < 1.29 is 9.84 Å². The van der Waals surface area contributed by atoms with Gasteiger partial charge in [-0.25, -0.2) is 4.79 Å². The molecular formula is C23H20BrN3O4. The van der Waals surface area contributed by atoms with E-state index in [1.54, 1.807) is 31.3 Å². The van der Waals surface area contributed by atoms with Crippen molar-refractivity contribution in [3.05, 3.63) is 85.1 Å². The quantitative estimate of drug-likeness (QED) is 0.476. The van der Waals surface area contributed by atoms with Gasteiger partial charge in [0.1, 0.15) is 11.9 Å². The number of phenolic OH excluding ortho intramolecular Hbond substituents is 1. The maximum atomic E-state index is 13.3. The number of ether oxygens (including phenoxy) is 1. The number of benzene rings is 2. The fourth-order valence-corrected chi connectivity index (χ4v) is 4.66. The van der Waals surface area contributed by atoms with Crippen LogP contribution in [-0.2, 0) is 25.4 Å². The molecule has 1 aliphatic rings. The van der Waals surface area contributed by atoms with Gasteiger partial charge in [0.2, 0.25) is 0 Å². The smallest absolute Gasteiger partial charge is 0.331 e. The van der Waals surface area contributed by atoms with Gasteiger partial charge < -0.3 is 14.4 Å². The first kappa shape index (κ1) is 19.8. The first-order valence-corrected chi connectivity index (χ1v) is 10.7. The van der Waals surface area contributed by atoms with E-state index in [1.165, 1.54) is 11.6 Å². The number of halogens is 1. The number of hydrogen-bond acceptors (Lipinski definition) is 4. The lowest BCUT2D eigenvalue weighted by molar-refractivity contribution is 0.0478. The average Bonchev–Trinajstić information content (AvgIpc) is 3.13. The van der Waals surface area contributed by atoms with E-state index in [4.69, 9.17) is 4.74 Å². The minimum atomic E-state index is -0.473. The lowest BCUT2D eigenvalue weighted by Gasteiger charge is -2.27. The van der Waals surface area contributed by atoms with Gasteiger partial charge in [-0.05, 0) is 35.4 Å². The Kier molecular flexibility index (Phi) is 4.64. The number of nitrogens with zero attached hydrogens (tertiary/aromatic N) is 3. The Bertz CT molecular complexity index is 1430. The molecule has 0 saturated carbocycles. The van der Waals surface area contributed by atoms with Gasteiger partial charge >= 0.3 is 5.69 Å². The number of aromatic nitrogens is 3. The fourth-order valence-electron chi connectivity index (χ4n) is 4.39. The van der Waals surface area contributed by atoms with E-state index in [1.807, 2.05) is 24.3 Å². The number of phenols is 1. The third kappa shape index (κ3) is 2.97. The van der Waals surface area contributed by atoms with Gasteiger partial charge in [0, 0.05) is 25.1 Å². The summed E-state index contributed by atoms with van der Waals surface area (Å²) >= 11 is 3.47. The van der Waals surface area contributed by atoms with E-state index in [-0.39, 0.29) is 17.0 Å². The second kappa shape index (κ2) is 7.25. The summed E-state index contributed by atoms with van der Waals surface area (Å²) in [7, 11) is 3.18. The van der Waals surface area contributed by atoms with Gasteiger partial charge in [0.05, 0.1) is 28.9 Å². The minimum Gasteiger partial charge on any atom is -0.508 e. The SMILES string of the molecule is Cn1c(=O)c2c(-c3ccc(Br)cc3)n3c(c2n(C)c1=O)C(c1ccc(O)cc1)OCC3. The van der Waals surface area contributed by atoms with Crippen molar-refractivity contribution in [2.45, 2.75) is 12.6 Å². The summed E-state index contributed by atoms with van der Waals surface area (Å²) in [6, 6.07) is 14.6. The standard InChI is InChI=1S/C23H20BrN3O4/c1-25-19-17(22(29)26(2)23(25)30)18(13-3-7-15(24)8-4-13)27-11-12-31-21(20(19)27)14-5-9-16(28)10-6-14/h3-10,21,28H,11-12H2,1-2H3. The second-order valence-electron chi connectivity index (χ2n) is 7.66. The normalized spacial score (nSPS) is 15.9. The van der Waals surface area contributed by atoms with E-state index in [0.29, 0.717) is 24.1 Å². The molecule has 3 heterocycles. The molecule has 2 aromatic heterocycles. The van der Waals surface area contributed by atoms with Crippen LogP contribution in [0.5, 0.6) is 5.75 Å².